The van der Waals surface area contributed by atoms with E-state index in [1.54, 1.807) is 7.11 Å². The normalized spacial score (nSPS) is 18.3. The summed E-state index contributed by atoms with van der Waals surface area (Å²) in [6, 6.07) is 0. The van der Waals surface area contributed by atoms with Gasteiger partial charge in [0.25, 0.3) is 0 Å². The molecule has 0 heterocycles. The summed E-state index contributed by atoms with van der Waals surface area (Å²) in [5.74, 6) is 1.23. The molecule has 0 amide bonds. The van der Waals surface area contributed by atoms with Gasteiger partial charge in [-0.2, -0.15) is 0 Å². The Balaban J connectivity index is 2.36. The third kappa shape index (κ3) is 6.91. The number of methoxy groups -OCH3 is 1. The minimum Gasteiger partial charge on any atom is -0.384 e. The first-order valence-corrected chi connectivity index (χ1v) is 8.93. The second-order valence-electron chi connectivity index (χ2n) is 6.95. The smallest absolute Gasteiger partial charge is 0.144 e. The van der Waals surface area contributed by atoms with Crippen molar-refractivity contribution in [3.8, 4) is 0 Å². The van der Waals surface area contributed by atoms with E-state index < -0.39 is 0 Å². The molecule has 1 aliphatic rings. The minimum atomic E-state index is 0.0274. The summed E-state index contributed by atoms with van der Waals surface area (Å²) >= 11 is 0. The molecule has 1 unspecified atom stereocenters. The topological polar surface area (TPSA) is 26.3 Å². The molecule has 0 N–H and O–H groups in total. The van der Waals surface area contributed by atoms with E-state index in [2.05, 4.69) is 32.9 Å². The highest BCUT2D eigenvalue weighted by Crippen LogP contribution is 2.30. The van der Waals surface area contributed by atoms with Crippen LogP contribution in [0.5, 0.6) is 0 Å². The van der Waals surface area contributed by atoms with E-state index in [0.717, 1.165) is 31.6 Å². The number of ether oxygens (including phenoxy) is 1. The number of allylic oxidation sites excluding steroid dienone is 3. The van der Waals surface area contributed by atoms with Crippen molar-refractivity contribution >= 4 is 5.78 Å². The summed E-state index contributed by atoms with van der Waals surface area (Å²) in [6.07, 6.45) is 13.1. The van der Waals surface area contributed by atoms with Crippen molar-refractivity contribution in [2.75, 3.05) is 13.7 Å². The molecule has 0 aromatic heterocycles. The number of hydrogen-bond donors (Lipinski definition) is 0. The SMILES string of the molecule is COCCC1=CCC=C(C)C1C(=O)CCCCCCC(C)C. The lowest BCUT2D eigenvalue weighted by atomic mass is 9.81. The molecular weight excluding hydrogens is 272 g/mol. The van der Waals surface area contributed by atoms with Crippen LogP contribution in [0.25, 0.3) is 0 Å². The second-order valence-corrected chi connectivity index (χ2v) is 6.95. The first-order valence-electron chi connectivity index (χ1n) is 8.93. The molecule has 2 nitrogen and oxygen atoms in total. The summed E-state index contributed by atoms with van der Waals surface area (Å²) in [6.45, 7) is 7.36. The van der Waals surface area contributed by atoms with Crippen LogP contribution in [0.15, 0.2) is 23.3 Å². The van der Waals surface area contributed by atoms with Gasteiger partial charge in [0.2, 0.25) is 0 Å². The highest BCUT2D eigenvalue weighted by molar-refractivity contribution is 5.86. The Morgan fingerprint density at radius 2 is 1.95 bits per heavy atom. The van der Waals surface area contributed by atoms with Crippen molar-refractivity contribution in [1.29, 1.82) is 0 Å². The number of Topliss-reactive ketones (excluding diaryl/α,β-unsaturated/α-hetero) is 1. The van der Waals surface area contributed by atoms with Gasteiger partial charge in [-0.25, -0.2) is 0 Å². The quantitative estimate of drug-likeness (QED) is 0.373. The van der Waals surface area contributed by atoms with Crippen LogP contribution in [0.3, 0.4) is 0 Å². The maximum Gasteiger partial charge on any atom is 0.144 e. The van der Waals surface area contributed by atoms with E-state index >= 15 is 0 Å². The Morgan fingerprint density at radius 3 is 2.64 bits per heavy atom. The molecular formula is C20H34O2. The minimum absolute atomic E-state index is 0.0274. The predicted molar refractivity (Wildman–Crippen MR) is 94.0 cm³/mol. The van der Waals surface area contributed by atoms with Gasteiger partial charge >= 0.3 is 0 Å². The van der Waals surface area contributed by atoms with E-state index in [4.69, 9.17) is 4.74 Å². The van der Waals surface area contributed by atoms with Crippen molar-refractivity contribution in [2.45, 2.75) is 72.1 Å². The van der Waals surface area contributed by atoms with Crippen molar-refractivity contribution in [3.05, 3.63) is 23.3 Å². The summed E-state index contributed by atoms with van der Waals surface area (Å²) in [4.78, 5) is 12.6. The molecule has 0 aliphatic heterocycles. The molecule has 1 atom stereocenters. The molecule has 0 aromatic rings. The Hall–Kier alpha value is -0.890. The lowest BCUT2D eigenvalue weighted by Gasteiger charge is -2.23. The van der Waals surface area contributed by atoms with Crippen LogP contribution in [0.1, 0.15) is 72.1 Å². The highest BCUT2D eigenvalue weighted by atomic mass is 16.5. The summed E-state index contributed by atoms with van der Waals surface area (Å²) in [5.41, 5.74) is 2.50. The number of ketones is 1. The predicted octanol–water partition coefficient (Wildman–Crippen LogP) is 5.48. The zero-order chi connectivity index (χ0) is 16.4. The van der Waals surface area contributed by atoms with Gasteiger partial charge < -0.3 is 4.74 Å². The largest absolute Gasteiger partial charge is 0.384 e. The van der Waals surface area contributed by atoms with Gasteiger partial charge in [-0.3, -0.25) is 4.79 Å². The molecule has 1 aliphatic carbocycles. The summed E-state index contributed by atoms with van der Waals surface area (Å²) < 4.78 is 5.18. The van der Waals surface area contributed by atoms with Gasteiger partial charge in [0, 0.05) is 20.1 Å². The molecule has 0 aromatic carbocycles. The van der Waals surface area contributed by atoms with Gasteiger partial charge in [-0.05, 0) is 32.1 Å². The second kappa shape index (κ2) is 10.8. The Bertz CT molecular complexity index is 391. The number of rotatable bonds is 11. The van der Waals surface area contributed by atoms with Crippen LogP contribution in [0, 0.1) is 11.8 Å². The van der Waals surface area contributed by atoms with Crippen LogP contribution in [0.2, 0.25) is 0 Å². The zero-order valence-electron chi connectivity index (χ0n) is 15.0. The molecule has 0 saturated carbocycles. The average molecular weight is 306 g/mol. The fraction of sp³-hybridized carbons (Fsp3) is 0.750. The Labute approximate surface area is 137 Å². The fourth-order valence-corrected chi connectivity index (χ4v) is 3.20. The standard InChI is InChI=1S/C20H34O2/c1-16(2)10-7-5-6-8-13-19(21)20-17(3)11-9-12-18(20)14-15-22-4/h11-12,16,20H,5-10,13-15H2,1-4H3. The van der Waals surface area contributed by atoms with Gasteiger partial charge in [0.1, 0.15) is 5.78 Å². The van der Waals surface area contributed by atoms with Gasteiger partial charge in [0.05, 0.1) is 5.92 Å². The van der Waals surface area contributed by atoms with Crippen molar-refractivity contribution in [3.63, 3.8) is 0 Å². The number of carbonyl (C=O) groups is 1. The Morgan fingerprint density at radius 1 is 1.23 bits per heavy atom. The van der Waals surface area contributed by atoms with Crippen LogP contribution >= 0.6 is 0 Å². The fourth-order valence-electron chi connectivity index (χ4n) is 3.20. The maximum atomic E-state index is 12.6. The van der Waals surface area contributed by atoms with E-state index in [1.165, 1.54) is 36.8 Å². The Kier molecular flexibility index (Phi) is 9.38. The molecule has 0 spiro atoms. The lowest BCUT2D eigenvalue weighted by Crippen LogP contribution is -2.21. The first kappa shape index (κ1) is 19.2. The number of carbonyl (C=O) groups excluding carboxylic acids is 1. The molecule has 0 saturated heterocycles. The molecule has 1 rings (SSSR count). The number of hydrogen-bond acceptors (Lipinski definition) is 2. The maximum absolute atomic E-state index is 12.6. The van der Waals surface area contributed by atoms with Gasteiger partial charge in [-0.15, -0.1) is 0 Å². The van der Waals surface area contributed by atoms with Crippen molar-refractivity contribution in [1.82, 2.24) is 0 Å². The third-order valence-electron chi connectivity index (χ3n) is 4.52. The van der Waals surface area contributed by atoms with Gasteiger partial charge in [-0.1, -0.05) is 62.8 Å². The summed E-state index contributed by atoms with van der Waals surface area (Å²) in [7, 11) is 1.72. The molecule has 0 fully saturated rings. The van der Waals surface area contributed by atoms with E-state index in [9.17, 15) is 4.79 Å². The van der Waals surface area contributed by atoms with E-state index in [1.807, 2.05) is 0 Å². The average Bonchev–Trinajstić information content (AvgIpc) is 2.48. The van der Waals surface area contributed by atoms with Crippen LogP contribution in [-0.2, 0) is 9.53 Å². The van der Waals surface area contributed by atoms with Crippen LogP contribution < -0.4 is 0 Å². The third-order valence-corrected chi connectivity index (χ3v) is 4.52. The molecule has 126 valence electrons. The molecule has 0 bridgehead atoms. The lowest BCUT2D eigenvalue weighted by molar-refractivity contribution is -0.121. The van der Waals surface area contributed by atoms with E-state index in [-0.39, 0.29) is 5.92 Å². The van der Waals surface area contributed by atoms with E-state index in [0.29, 0.717) is 12.4 Å². The molecule has 2 heteroatoms. The molecule has 22 heavy (non-hydrogen) atoms. The van der Waals surface area contributed by atoms with Crippen molar-refractivity contribution < 1.29 is 9.53 Å². The van der Waals surface area contributed by atoms with Crippen LogP contribution in [-0.4, -0.2) is 19.5 Å². The summed E-state index contributed by atoms with van der Waals surface area (Å²) in [5, 5.41) is 0. The zero-order valence-corrected chi connectivity index (χ0v) is 15.0. The monoisotopic (exact) mass is 306 g/mol. The first-order chi connectivity index (χ1) is 10.6. The molecule has 0 radical (unpaired) electrons. The van der Waals surface area contributed by atoms with Gasteiger partial charge in [0.15, 0.2) is 0 Å². The highest BCUT2D eigenvalue weighted by Gasteiger charge is 2.25. The number of unbranched alkanes of at least 4 members (excludes halogenated alkanes) is 3. The van der Waals surface area contributed by atoms with Crippen molar-refractivity contribution in [2.24, 2.45) is 11.8 Å². The van der Waals surface area contributed by atoms with Crippen LogP contribution in [0.4, 0.5) is 0 Å².